The first-order chi connectivity index (χ1) is 9.84. The fourth-order valence-corrected chi connectivity index (χ4v) is 2.68. The molecule has 0 saturated heterocycles. The topological polar surface area (TPSA) is 82.5 Å². The van der Waals surface area contributed by atoms with Crippen LogP contribution in [0.3, 0.4) is 0 Å². The van der Waals surface area contributed by atoms with E-state index in [0.29, 0.717) is 18.4 Å². The lowest BCUT2D eigenvalue weighted by Crippen LogP contribution is -2.47. The van der Waals surface area contributed by atoms with Crippen molar-refractivity contribution in [2.24, 2.45) is 5.41 Å². The average Bonchev–Trinajstić information content (AvgIpc) is 2.81. The van der Waals surface area contributed by atoms with E-state index >= 15 is 0 Å². The van der Waals surface area contributed by atoms with Gasteiger partial charge in [-0.1, -0.05) is 6.42 Å². The van der Waals surface area contributed by atoms with Crippen LogP contribution in [-0.4, -0.2) is 42.1 Å². The maximum atomic E-state index is 12.2. The number of aromatic nitrogens is 1. The summed E-state index contributed by atoms with van der Waals surface area (Å²) in [6.07, 6.45) is 3.60. The molecule has 1 amide bonds. The van der Waals surface area contributed by atoms with Gasteiger partial charge in [0.2, 0.25) is 0 Å². The second kappa shape index (κ2) is 5.71. The first-order valence-corrected chi connectivity index (χ1v) is 7.02. The van der Waals surface area contributed by atoms with Gasteiger partial charge in [0, 0.05) is 26.3 Å². The van der Waals surface area contributed by atoms with E-state index in [1.54, 1.807) is 19.1 Å². The molecule has 21 heavy (non-hydrogen) atoms. The molecule has 1 aromatic rings. The van der Waals surface area contributed by atoms with E-state index < -0.39 is 11.4 Å². The lowest BCUT2D eigenvalue weighted by molar-refractivity contribution is -0.148. The van der Waals surface area contributed by atoms with Gasteiger partial charge in [0.15, 0.2) is 0 Å². The highest BCUT2D eigenvalue weighted by atomic mass is 16.4. The third kappa shape index (κ3) is 2.99. The Morgan fingerprint density at radius 1 is 1.43 bits per heavy atom. The monoisotopic (exact) mass is 291 g/mol. The van der Waals surface area contributed by atoms with Gasteiger partial charge in [0.25, 0.3) is 5.91 Å². The molecule has 2 rings (SSSR count). The van der Waals surface area contributed by atoms with E-state index in [4.69, 9.17) is 0 Å². The Morgan fingerprint density at radius 3 is 2.67 bits per heavy atom. The summed E-state index contributed by atoms with van der Waals surface area (Å²) in [6.45, 7) is 1.70. The number of rotatable bonds is 4. The molecule has 0 spiro atoms. The number of aliphatic carboxylic acids is 1. The molecule has 2 N–H and O–H groups in total. The fourth-order valence-electron chi connectivity index (χ4n) is 2.68. The van der Waals surface area contributed by atoms with Crippen LogP contribution in [0, 0.1) is 5.41 Å². The van der Waals surface area contributed by atoms with Crippen molar-refractivity contribution >= 4 is 17.7 Å². The highest BCUT2D eigenvalue weighted by molar-refractivity contribution is 5.94. The Morgan fingerprint density at radius 2 is 2.14 bits per heavy atom. The second-order valence-corrected chi connectivity index (χ2v) is 5.94. The molecular weight excluding hydrogens is 270 g/mol. The number of hydrogen-bond donors (Lipinski definition) is 2. The molecule has 1 aliphatic carbocycles. The number of anilines is 1. The van der Waals surface area contributed by atoms with Crippen LogP contribution in [0.15, 0.2) is 18.3 Å². The molecule has 6 heteroatoms. The minimum Gasteiger partial charge on any atom is -0.481 e. The lowest BCUT2D eigenvalue weighted by Gasteiger charge is -2.27. The normalized spacial score (nSPS) is 24.6. The maximum Gasteiger partial charge on any atom is 0.311 e. The summed E-state index contributed by atoms with van der Waals surface area (Å²) >= 11 is 0. The number of nitrogens with one attached hydrogen (secondary N) is 1. The molecule has 0 aliphatic heterocycles. The number of carbonyl (C=O) groups is 2. The van der Waals surface area contributed by atoms with E-state index in [2.05, 4.69) is 10.3 Å². The van der Waals surface area contributed by atoms with Crippen molar-refractivity contribution < 1.29 is 14.7 Å². The van der Waals surface area contributed by atoms with Gasteiger partial charge in [-0.05, 0) is 31.9 Å². The van der Waals surface area contributed by atoms with Crippen LogP contribution in [0.4, 0.5) is 5.82 Å². The van der Waals surface area contributed by atoms with Crippen molar-refractivity contribution in [3.05, 3.63) is 23.9 Å². The van der Waals surface area contributed by atoms with Crippen LogP contribution in [0.25, 0.3) is 0 Å². The highest BCUT2D eigenvalue weighted by Gasteiger charge is 2.45. The third-order valence-electron chi connectivity index (χ3n) is 4.22. The zero-order chi connectivity index (χ0) is 15.6. The largest absolute Gasteiger partial charge is 0.481 e. The Bertz CT molecular complexity index is 542. The zero-order valence-corrected chi connectivity index (χ0v) is 12.6. The molecule has 2 atom stereocenters. The van der Waals surface area contributed by atoms with Crippen LogP contribution >= 0.6 is 0 Å². The van der Waals surface area contributed by atoms with E-state index in [1.165, 1.54) is 6.20 Å². The molecule has 0 aromatic carbocycles. The molecule has 1 fully saturated rings. The quantitative estimate of drug-likeness (QED) is 0.879. The number of nitrogens with zero attached hydrogens (tertiary/aromatic N) is 2. The third-order valence-corrected chi connectivity index (χ3v) is 4.22. The molecule has 6 nitrogen and oxygen atoms in total. The summed E-state index contributed by atoms with van der Waals surface area (Å²) in [7, 11) is 3.75. The summed E-state index contributed by atoms with van der Waals surface area (Å²) in [4.78, 5) is 29.7. The lowest BCUT2D eigenvalue weighted by atomic mass is 9.85. The zero-order valence-electron chi connectivity index (χ0n) is 12.6. The predicted octanol–water partition coefficient (Wildman–Crippen LogP) is 1.52. The Balaban J connectivity index is 2.09. The van der Waals surface area contributed by atoms with Crippen molar-refractivity contribution in [1.82, 2.24) is 10.3 Å². The van der Waals surface area contributed by atoms with Gasteiger partial charge in [-0.3, -0.25) is 9.59 Å². The Kier molecular flexibility index (Phi) is 4.16. The number of pyridine rings is 1. The van der Waals surface area contributed by atoms with E-state index in [1.807, 2.05) is 19.0 Å². The minimum absolute atomic E-state index is 0.271. The summed E-state index contributed by atoms with van der Waals surface area (Å²) in [6, 6.07) is 3.13. The summed E-state index contributed by atoms with van der Waals surface area (Å²) in [5.74, 6) is -0.360. The summed E-state index contributed by atoms with van der Waals surface area (Å²) < 4.78 is 0. The first kappa shape index (κ1) is 15.3. The molecule has 1 heterocycles. The smallest absolute Gasteiger partial charge is 0.311 e. The van der Waals surface area contributed by atoms with Crippen LogP contribution in [0.5, 0.6) is 0 Å². The number of hydrogen-bond acceptors (Lipinski definition) is 4. The first-order valence-electron chi connectivity index (χ1n) is 7.02. The van der Waals surface area contributed by atoms with Gasteiger partial charge in [0.05, 0.1) is 11.0 Å². The molecule has 114 valence electrons. The van der Waals surface area contributed by atoms with Gasteiger partial charge in [-0.2, -0.15) is 0 Å². The molecule has 0 bridgehead atoms. The molecule has 2 unspecified atom stereocenters. The van der Waals surface area contributed by atoms with Crippen molar-refractivity contribution in [3.63, 3.8) is 0 Å². The summed E-state index contributed by atoms with van der Waals surface area (Å²) in [5, 5.41) is 12.2. The van der Waals surface area contributed by atoms with Crippen molar-refractivity contribution in [1.29, 1.82) is 0 Å². The SMILES string of the molecule is CN(C)c1ccc(C(=O)NC2CCCC2(C)C(=O)O)cn1. The maximum absolute atomic E-state index is 12.2. The van der Waals surface area contributed by atoms with Crippen LogP contribution < -0.4 is 10.2 Å². The van der Waals surface area contributed by atoms with Gasteiger partial charge in [-0.25, -0.2) is 4.98 Å². The number of carboxylic acids is 1. The fraction of sp³-hybridized carbons (Fsp3) is 0.533. The van der Waals surface area contributed by atoms with E-state index in [0.717, 1.165) is 12.2 Å². The van der Waals surface area contributed by atoms with Gasteiger partial charge < -0.3 is 15.3 Å². The molecule has 1 aliphatic rings. The number of carbonyl (C=O) groups excluding carboxylic acids is 1. The molecule has 0 radical (unpaired) electrons. The van der Waals surface area contributed by atoms with Gasteiger partial charge >= 0.3 is 5.97 Å². The number of carboxylic acid groups (broad SMARTS) is 1. The second-order valence-electron chi connectivity index (χ2n) is 5.94. The molecule has 1 saturated carbocycles. The predicted molar refractivity (Wildman–Crippen MR) is 79.4 cm³/mol. The van der Waals surface area contributed by atoms with Crippen LogP contribution in [0.1, 0.15) is 36.5 Å². The van der Waals surface area contributed by atoms with Crippen LogP contribution in [0.2, 0.25) is 0 Å². The number of amides is 1. The van der Waals surface area contributed by atoms with E-state index in [9.17, 15) is 14.7 Å². The Hall–Kier alpha value is -2.11. The standard InChI is InChI=1S/C15H21N3O3/c1-15(14(20)21)8-4-5-11(15)17-13(19)10-6-7-12(16-9-10)18(2)3/h6-7,9,11H,4-5,8H2,1-3H3,(H,17,19)(H,20,21). The van der Waals surface area contributed by atoms with Crippen molar-refractivity contribution in [3.8, 4) is 0 Å². The highest BCUT2D eigenvalue weighted by Crippen LogP contribution is 2.38. The molecule has 1 aromatic heterocycles. The minimum atomic E-state index is -0.882. The average molecular weight is 291 g/mol. The van der Waals surface area contributed by atoms with Gasteiger partial charge in [0.1, 0.15) is 5.82 Å². The van der Waals surface area contributed by atoms with Crippen molar-refractivity contribution in [2.75, 3.05) is 19.0 Å². The Labute approximate surface area is 124 Å². The van der Waals surface area contributed by atoms with Crippen molar-refractivity contribution in [2.45, 2.75) is 32.2 Å². The van der Waals surface area contributed by atoms with Gasteiger partial charge in [-0.15, -0.1) is 0 Å². The van der Waals surface area contributed by atoms with E-state index in [-0.39, 0.29) is 11.9 Å². The summed E-state index contributed by atoms with van der Waals surface area (Å²) in [5.41, 5.74) is -0.438. The van der Waals surface area contributed by atoms with Crippen LogP contribution in [-0.2, 0) is 4.79 Å². The molecular formula is C15H21N3O3.